The average Bonchev–Trinajstić information content (AvgIpc) is 3.28. The summed E-state index contributed by atoms with van der Waals surface area (Å²) in [6, 6.07) is 21.7. The number of nitrogens with zero attached hydrogens (tertiary/aromatic N) is 1. The number of fused-ring (bicyclic) bond motifs is 1. The largest absolute Gasteiger partial charge is 0.508 e. The molecule has 5 nitrogen and oxygen atoms in total. The summed E-state index contributed by atoms with van der Waals surface area (Å²) in [5.41, 5.74) is 6.04. The van der Waals surface area contributed by atoms with Gasteiger partial charge in [-0.15, -0.1) is 0 Å². The zero-order chi connectivity index (χ0) is 27.1. The lowest BCUT2D eigenvalue weighted by atomic mass is 10.0. The van der Waals surface area contributed by atoms with Crippen LogP contribution in [-0.2, 0) is 13.0 Å². The van der Waals surface area contributed by atoms with Gasteiger partial charge in [-0.2, -0.15) is 0 Å². The number of aromatic hydroxyl groups is 1. The van der Waals surface area contributed by atoms with Crippen molar-refractivity contribution in [3.8, 4) is 5.75 Å². The van der Waals surface area contributed by atoms with E-state index >= 15 is 0 Å². The molecule has 0 aliphatic carbocycles. The van der Waals surface area contributed by atoms with Crippen molar-refractivity contribution in [2.75, 3.05) is 13.1 Å². The molecule has 0 bridgehead atoms. The minimum absolute atomic E-state index is 0.0609. The first-order chi connectivity index (χ1) is 18.2. The molecule has 5 heteroatoms. The van der Waals surface area contributed by atoms with Gasteiger partial charge >= 0.3 is 0 Å². The van der Waals surface area contributed by atoms with Gasteiger partial charge < -0.3 is 20.3 Å². The summed E-state index contributed by atoms with van der Waals surface area (Å²) in [6.07, 6.45) is 7.88. The van der Waals surface area contributed by atoms with Crippen molar-refractivity contribution in [1.82, 2.24) is 15.2 Å². The smallest absolute Gasteiger partial charge is 0.254 e. The van der Waals surface area contributed by atoms with Crippen LogP contribution in [0.25, 0.3) is 17.0 Å². The number of aromatic nitrogens is 1. The maximum atomic E-state index is 13.8. The number of hydrogen-bond acceptors (Lipinski definition) is 3. The van der Waals surface area contributed by atoms with E-state index in [0.717, 1.165) is 47.0 Å². The molecule has 198 valence electrons. The third-order valence-electron chi connectivity index (χ3n) is 6.85. The summed E-state index contributed by atoms with van der Waals surface area (Å²) in [7, 11) is 0. The number of H-pyrrole nitrogens is 1. The Morgan fingerprint density at radius 3 is 2.55 bits per heavy atom. The van der Waals surface area contributed by atoms with E-state index in [-0.39, 0.29) is 17.2 Å². The van der Waals surface area contributed by atoms with Gasteiger partial charge in [0.05, 0.1) is 0 Å². The van der Waals surface area contributed by atoms with Crippen LogP contribution in [-0.4, -0.2) is 39.5 Å². The molecule has 38 heavy (non-hydrogen) atoms. The van der Waals surface area contributed by atoms with Crippen LogP contribution in [0.4, 0.5) is 0 Å². The van der Waals surface area contributed by atoms with Crippen LogP contribution in [0.15, 0.2) is 79.0 Å². The summed E-state index contributed by atoms with van der Waals surface area (Å²) in [5, 5.41) is 14.4. The average molecular weight is 510 g/mol. The summed E-state index contributed by atoms with van der Waals surface area (Å²) in [6.45, 7) is 10.4. The summed E-state index contributed by atoms with van der Waals surface area (Å²) >= 11 is 0. The molecule has 1 heterocycles. The summed E-state index contributed by atoms with van der Waals surface area (Å²) in [5.74, 6) is 0.332. The van der Waals surface area contributed by atoms with Crippen molar-refractivity contribution < 1.29 is 9.90 Å². The lowest BCUT2D eigenvalue weighted by molar-refractivity contribution is 0.0586. The Labute approximate surface area is 226 Å². The Morgan fingerprint density at radius 2 is 1.79 bits per heavy atom. The first-order valence-electron chi connectivity index (χ1n) is 13.3. The van der Waals surface area contributed by atoms with Gasteiger partial charge in [0, 0.05) is 41.3 Å². The number of aryl methyl sites for hydroxylation is 1. The molecule has 0 spiro atoms. The van der Waals surface area contributed by atoms with E-state index in [1.807, 2.05) is 41.4 Å². The van der Waals surface area contributed by atoms with Crippen LogP contribution in [0, 0.1) is 6.92 Å². The number of carbonyl (C=O) groups is 1. The molecule has 0 radical (unpaired) electrons. The molecule has 0 fully saturated rings. The summed E-state index contributed by atoms with van der Waals surface area (Å²) in [4.78, 5) is 19.0. The Morgan fingerprint density at radius 1 is 1.03 bits per heavy atom. The molecule has 4 rings (SSSR count). The maximum Gasteiger partial charge on any atom is 0.254 e. The number of nitrogens with one attached hydrogen (secondary N) is 2. The van der Waals surface area contributed by atoms with E-state index in [4.69, 9.17) is 0 Å². The minimum atomic E-state index is -0.295. The number of amides is 1. The van der Waals surface area contributed by atoms with E-state index in [9.17, 15) is 9.90 Å². The highest BCUT2D eigenvalue weighted by Crippen LogP contribution is 2.24. The van der Waals surface area contributed by atoms with Crippen molar-refractivity contribution in [2.45, 2.75) is 52.6 Å². The van der Waals surface area contributed by atoms with Crippen molar-refractivity contribution >= 4 is 22.9 Å². The number of hydrogen-bond donors (Lipinski definition) is 3. The molecular weight excluding hydrogens is 470 g/mol. The Kier molecular flexibility index (Phi) is 8.70. The van der Waals surface area contributed by atoms with Gasteiger partial charge in [-0.25, -0.2) is 0 Å². The number of aromatic amines is 1. The highest BCUT2D eigenvalue weighted by atomic mass is 16.3. The lowest BCUT2D eigenvalue weighted by Crippen LogP contribution is -2.46. The predicted octanol–water partition coefficient (Wildman–Crippen LogP) is 6.86. The van der Waals surface area contributed by atoms with E-state index in [1.165, 1.54) is 11.1 Å². The molecule has 0 aliphatic rings. The van der Waals surface area contributed by atoms with Crippen molar-refractivity contribution in [1.29, 1.82) is 0 Å². The monoisotopic (exact) mass is 509 g/mol. The van der Waals surface area contributed by atoms with Gasteiger partial charge in [0.1, 0.15) is 5.75 Å². The second-order valence-corrected chi connectivity index (χ2v) is 10.9. The third-order valence-corrected chi connectivity index (χ3v) is 6.85. The Balaban J connectivity index is 1.38. The van der Waals surface area contributed by atoms with Gasteiger partial charge in [0.2, 0.25) is 0 Å². The summed E-state index contributed by atoms with van der Waals surface area (Å²) < 4.78 is 0. The van der Waals surface area contributed by atoms with Gasteiger partial charge in [0.15, 0.2) is 0 Å². The van der Waals surface area contributed by atoms with Crippen LogP contribution in [0.1, 0.15) is 59.8 Å². The Hall–Kier alpha value is -3.83. The number of phenolic OH excluding ortho intramolecular Hbond substituents is 1. The van der Waals surface area contributed by atoms with Crippen LogP contribution in [0.2, 0.25) is 0 Å². The first kappa shape index (κ1) is 27.2. The SMILES string of the molecule is Cc1ccc(/C=C/CCN(C(=O)c2ccccc2CNCCc2c[nH]c3ccc(O)cc23)C(C)(C)C)cc1. The number of rotatable bonds is 10. The fourth-order valence-electron chi connectivity index (χ4n) is 4.69. The second kappa shape index (κ2) is 12.1. The quantitative estimate of drug-likeness (QED) is 0.205. The standard InChI is InChI=1S/C33H39N3O2/c1-24-12-14-25(15-13-24)9-7-8-20-36(33(2,3)4)32(38)29-11-6-5-10-26(29)22-34-19-18-27-23-35-31-17-16-28(37)21-30(27)31/h5-7,9-17,21,23,34-35,37H,8,18-20,22H2,1-4H3/b9-7+. The lowest BCUT2D eigenvalue weighted by Gasteiger charge is -2.36. The predicted molar refractivity (Wildman–Crippen MR) is 157 cm³/mol. The third kappa shape index (κ3) is 6.93. The zero-order valence-corrected chi connectivity index (χ0v) is 22.9. The van der Waals surface area contributed by atoms with Crippen LogP contribution < -0.4 is 5.32 Å². The molecule has 0 saturated heterocycles. The van der Waals surface area contributed by atoms with Gasteiger partial charge in [-0.1, -0.05) is 60.2 Å². The van der Waals surface area contributed by atoms with Crippen LogP contribution in [0.3, 0.4) is 0 Å². The molecule has 0 unspecified atom stereocenters. The molecule has 0 saturated carbocycles. The highest BCUT2D eigenvalue weighted by molar-refractivity contribution is 5.96. The number of phenols is 1. The van der Waals surface area contributed by atoms with Gasteiger partial charge in [-0.3, -0.25) is 4.79 Å². The zero-order valence-electron chi connectivity index (χ0n) is 22.9. The van der Waals surface area contributed by atoms with Crippen LogP contribution in [0.5, 0.6) is 5.75 Å². The normalized spacial score (nSPS) is 11.9. The van der Waals surface area contributed by atoms with Gasteiger partial charge in [-0.05, 0) is 88.0 Å². The second-order valence-electron chi connectivity index (χ2n) is 10.9. The minimum Gasteiger partial charge on any atom is -0.508 e. The molecule has 3 N–H and O–H groups in total. The van der Waals surface area contributed by atoms with Crippen molar-refractivity contribution in [2.24, 2.45) is 0 Å². The van der Waals surface area contributed by atoms with E-state index in [2.05, 4.69) is 74.4 Å². The molecule has 4 aromatic rings. The number of carbonyl (C=O) groups excluding carboxylic acids is 1. The Bertz CT molecular complexity index is 1390. The molecule has 0 atom stereocenters. The van der Waals surface area contributed by atoms with Gasteiger partial charge in [0.25, 0.3) is 5.91 Å². The molecule has 1 amide bonds. The van der Waals surface area contributed by atoms with E-state index < -0.39 is 0 Å². The van der Waals surface area contributed by atoms with E-state index in [1.54, 1.807) is 12.1 Å². The molecule has 1 aromatic heterocycles. The molecule has 3 aromatic carbocycles. The van der Waals surface area contributed by atoms with Crippen molar-refractivity contribution in [3.05, 3.63) is 107 Å². The highest BCUT2D eigenvalue weighted by Gasteiger charge is 2.27. The fourth-order valence-corrected chi connectivity index (χ4v) is 4.69. The van der Waals surface area contributed by atoms with E-state index in [0.29, 0.717) is 13.1 Å². The maximum absolute atomic E-state index is 13.8. The fraction of sp³-hybridized carbons (Fsp3) is 0.303. The van der Waals surface area contributed by atoms with Crippen LogP contribution >= 0.6 is 0 Å². The first-order valence-corrected chi connectivity index (χ1v) is 13.3. The topological polar surface area (TPSA) is 68.4 Å². The number of benzene rings is 3. The molecular formula is C33H39N3O2. The van der Waals surface area contributed by atoms with Crippen molar-refractivity contribution in [3.63, 3.8) is 0 Å². The molecule has 0 aliphatic heterocycles.